The van der Waals surface area contributed by atoms with Crippen LogP contribution in [0.2, 0.25) is 0 Å². The van der Waals surface area contributed by atoms with Crippen molar-refractivity contribution in [3.63, 3.8) is 0 Å². The van der Waals surface area contributed by atoms with E-state index in [2.05, 4.69) is 10.6 Å². The molecule has 0 radical (unpaired) electrons. The van der Waals surface area contributed by atoms with Crippen molar-refractivity contribution in [1.29, 1.82) is 0 Å². The Balaban J connectivity index is 2.68. The van der Waals surface area contributed by atoms with Crippen molar-refractivity contribution in [3.05, 3.63) is 11.8 Å². The Morgan fingerprint density at radius 3 is 2.89 bits per heavy atom. The monoisotopic (exact) mass is 128 g/mol. The minimum absolute atomic E-state index is 0.235. The maximum Gasteiger partial charge on any atom is 0.251 e. The van der Waals surface area contributed by atoms with Gasteiger partial charge in [0.25, 0.3) is 5.91 Å². The Morgan fingerprint density at radius 1 is 1.78 bits per heavy atom. The third-order valence-electron chi connectivity index (χ3n) is 1.08. The number of carbonyl (C=O) groups excluding carboxylic acids is 1. The molecule has 0 aromatic rings. The molecule has 1 atom stereocenters. The van der Waals surface area contributed by atoms with E-state index in [1.54, 1.807) is 6.92 Å². The SMILES string of the molecule is CC1=CNC(O)NC1=O. The van der Waals surface area contributed by atoms with Gasteiger partial charge in [-0.2, -0.15) is 0 Å². The van der Waals surface area contributed by atoms with Crippen LogP contribution in [0.5, 0.6) is 0 Å². The highest BCUT2D eigenvalue weighted by Crippen LogP contribution is 1.94. The highest BCUT2D eigenvalue weighted by molar-refractivity contribution is 5.93. The zero-order valence-electron chi connectivity index (χ0n) is 5.01. The zero-order valence-corrected chi connectivity index (χ0v) is 5.01. The quantitative estimate of drug-likeness (QED) is 0.387. The average Bonchev–Trinajstić information content (AvgIpc) is 1.80. The van der Waals surface area contributed by atoms with E-state index in [-0.39, 0.29) is 5.91 Å². The number of amides is 1. The van der Waals surface area contributed by atoms with Gasteiger partial charge in [-0.3, -0.25) is 4.79 Å². The molecule has 1 unspecified atom stereocenters. The van der Waals surface area contributed by atoms with Crippen LogP contribution in [0, 0.1) is 0 Å². The molecule has 9 heavy (non-hydrogen) atoms. The van der Waals surface area contributed by atoms with E-state index < -0.39 is 6.35 Å². The summed E-state index contributed by atoms with van der Waals surface area (Å²) in [5.74, 6) is -0.235. The van der Waals surface area contributed by atoms with Gasteiger partial charge in [0.15, 0.2) is 0 Å². The lowest BCUT2D eigenvalue weighted by Gasteiger charge is -2.17. The van der Waals surface area contributed by atoms with E-state index in [4.69, 9.17) is 5.11 Å². The molecule has 1 amide bonds. The van der Waals surface area contributed by atoms with Gasteiger partial charge in [0.05, 0.1) is 0 Å². The fraction of sp³-hybridized carbons (Fsp3) is 0.400. The highest BCUT2D eigenvalue weighted by Gasteiger charge is 2.13. The Kier molecular flexibility index (Phi) is 1.40. The molecule has 50 valence electrons. The van der Waals surface area contributed by atoms with Gasteiger partial charge in [-0.25, -0.2) is 0 Å². The van der Waals surface area contributed by atoms with E-state index in [9.17, 15) is 4.79 Å². The van der Waals surface area contributed by atoms with Crippen LogP contribution in [0.1, 0.15) is 6.92 Å². The van der Waals surface area contributed by atoms with E-state index in [1.807, 2.05) is 0 Å². The zero-order chi connectivity index (χ0) is 6.85. The van der Waals surface area contributed by atoms with Gasteiger partial charge in [0.1, 0.15) is 0 Å². The summed E-state index contributed by atoms with van der Waals surface area (Å²) in [4.78, 5) is 10.6. The van der Waals surface area contributed by atoms with Crippen molar-refractivity contribution in [3.8, 4) is 0 Å². The molecule has 0 spiro atoms. The number of carbonyl (C=O) groups is 1. The smallest absolute Gasteiger partial charge is 0.251 e. The first kappa shape index (κ1) is 6.10. The summed E-state index contributed by atoms with van der Waals surface area (Å²) < 4.78 is 0. The lowest BCUT2D eigenvalue weighted by atomic mass is 10.3. The predicted molar refractivity (Wildman–Crippen MR) is 31.0 cm³/mol. The van der Waals surface area contributed by atoms with Gasteiger partial charge in [-0.05, 0) is 6.92 Å². The number of hydrogen-bond acceptors (Lipinski definition) is 3. The summed E-state index contributed by atoms with van der Waals surface area (Å²) in [6, 6.07) is 0. The number of hydrogen-bond donors (Lipinski definition) is 3. The molecule has 1 aliphatic rings. The van der Waals surface area contributed by atoms with Gasteiger partial charge in [-0.1, -0.05) is 0 Å². The normalized spacial score (nSPS) is 26.2. The second-order valence-corrected chi connectivity index (χ2v) is 1.87. The molecule has 1 rings (SSSR count). The molecule has 0 saturated carbocycles. The molecule has 0 saturated heterocycles. The first-order chi connectivity index (χ1) is 4.20. The average molecular weight is 128 g/mol. The van der Waals surface area contributed by atoms with Crippen molar-refractivity contribution in [2.24, 2.45) is 0 Å². The molecular formula is C5H8N2O2. The minimum Gasteiger partial charge on any atom is -0.356 e. The van der Waals surface area contributed by atoms with Crippen molar-refractivity contribution < 1.29 is 9.90 Å². The van der Waals surface area contributed by atoms with Gasteiger partial charge in [0, 0.05) is 11.8 Å². The van der Waals surface area contributed by atoms with E-state index in [0.717, 1.165) is 0 Å². The highest BCUT2D eigenvalue weighted by atomic mass is 16.3. The van der Waals surface area contributed by atoms with E-state index >= 15 is 0 Å². The fourth-order valence-electron chi connectivity index (χ4n) is 0.549. The Hall–Kier alpha value is -1.03. The molecule has 4 nitrogen and oxygen atoms in total. The molecular weight excluding hydrogens is 120 g/mol. The predicted octanol–water partition coefficient (Wildman–Crippen LogP) is -1.11. The van der Waals surface area contributed by atoms with Gasteiger partial charge in [0.2, 0.25) is 6.35 Å². The Morgan fingerprint density at radius 2 is 2.44 bits per heavy atom. The lowest BCUT2D eigenvalue weighted by Crippen LogP contribution is -2.47. The minimum atomic E-state index is -0.929. The Labute approximate surface area is 52.6 Å². The van der Waals surface area contributed by atoms with Gasteiger partial charge < -0.3 is 15.7 Å². The summed E-state index contributed by atoms with van der Waals surface area (Å²) in [7, 11) is 0. The van der Waals surface area contributed by atoms with Crippen LogP contribution in [-0.2, 0) is 4.79 Å². The first-order valence-electron chi connectivity index (χ1n) is 2.62. The van der Waals surface area contributed by atoms with Crippen molar-refractivity contribution in [1.82, 2.24) is 10.6 Å². The van der Waals surface area contributed by atoms with Crippen LogP contribution in [-0.4, -0.2) is 17.4 Å². The molecule has 0 aromatic heterocycles. The van der Waals surface area contributed by atoms with Crippen LogP contribution in [0.3, 0.4) is 0 Å². The third kappa shape index (κ3) is 1.20. The lowest BCUT2D eigenvalue weighted by molar-refractivity contribution is -0.121. The molecule has 1 aliphatic heterocycles. The van der Waals surface area contributed by atoms with Crippen LogP contribution in [0.25, 0.3) is 0 Å². The number of aliphatic hydroxyl groups is 1. The molecule has 1 heterocycles. The van der Waals surface area contributed by atoms with Crippen molar-refractivity contribution in [2.75, 3.05) is 0 Å². The molecule has 0 fully saturated rings. The standard InChI is InChI=1S/C5H8N2O2/c1-3-2-6-5(9)7-4(3)8/h2,5-6,9H,1H3,(H,7,8). The van der Waals surface area contributed by atoms with Crippen LogP contribution in [0.4, 0.5) is 0 Å². The van der Waals surface area contributed by atoms with Crippen LogP contribution in [0.15, 0.2) is 11.8 Å². The number of nitrogens with one attached hydrogen (secondary N) is 2. The van der Waals surface area contributed by atoms with Crippen molar-refractivity contribution in [2.45, 2.75) is 13.3 Å². The summed E-state index contributed by atoms with van der Waals surface area (Å²) in [5, 5.41) is 13.5. The van der Waals surface area contributed by atoms with Gasteiger partial charge in [-0.15, -0.1) is 0 Å². The summed E-state index contributed by atoms with van der Waals surface area (Å²) in [5.41, 5.74) is 0.570. The van der Waals surface area contributed by atoms with E-state index in [1.165, 1.54) is 6.20 Å². The fourth-order valence-corrected chi connectivity index (χ4v) is 0.549. The molecule has 0 bridgehead atoms. The number of aliphatic hydroxyl groups excluding tert-OH is 1. The maximum absolute atomic E-state index is 10.6. The second-order valence-electron chi connectivity index (χ2n) is 1.87. The topological polar surface area (TPSA) is 61.4 Å². The largest absolute Gasteiger partial charge is 0.356 e. The first-order valence-corrected chi connectivity index (χ1v) is 2.62. The third-order valence-corrected chi connectivity index (χ3v) is 1.08. The van der Waals surface area contributed by atoms with Gasteiger partial charge >= 0.3 is 0 Å². The summed E-state index contributed by atoms with van der Waals surface area (Å²) >= 11 is 0. The van der Waals surface area contributed by atoms with Crippen molar-refractivity contribution >= 4 is 5.91 Å². The molecule has 4 heteroatoms. The van der Waals surface area contributed by atoms with E-state index in [0.29, 0.717) is 5.57 Å². The molecule has 0 aliphatic carbocycles. The maximum atomic E-state index is 10.6. The summed E-state index contributed by atoms with van der Waals surface area (Å²) in [6.07, 6.45) is 0.546. The Bertz CT molecular complexity index is 164. The summed E-state index contributed by atoms with van der Waals surface area (Å²) in [6.45, 7) is 1.66. The second kappa shape index (κ2) is 2.06. The van der Waals surface area contributed by atoms with Crippen LogP contribution < -0.4 is 10.6 Å². The number of rotatable bonds is 0. The van der Waals surface area contributed by atoms with Crippen LogP contribution >= 0.6 is 0 Å². The molecule has 0 aromatic carbocycles. The molecule has 3 N–H and O–H groups in total.